The van der Waals surface area contributed by atoms with Gasteiger partial charge in [0.05, 0.1) is 11.5 Å². The van der Waals surface area contributed by atoms with Gasteiger partial charge in [0.2, 0.25) is 10.0 Å². The highest BCUT2D eigenvalue weighted by Gasteiger charge is 2.29. The van der Waals surface area contributed by atoms with Crippen molar-refractivity contribution >= 4 is 10.0 Å². The van der Waals surface area contributed by atoms with Gasteiger partial charge in [-0.05, 0) is 50.7 Å². The first-order valence-corrected chi connectivity index (χ1v) is 9.04. The highest BCUT2D eigenvalue weighted by Crippen LogP contribution is 2.30. The maximum atomic E-state index is 12.9. The van der Waals surface area contributed by atoms with Crippen LogP contribution < -0.4 is 4.74 Å². The molecule has 2 rings (SSSR count). The van der Waals surface area contributed by atoms with E-state index in [-0.39, 0.29) is 0 Å². The molecule has 1 aliphatic heterocycles. The van der Waals surface area contributed by atoms with Crippen LogP contribution in [0.5, 0.6) is 5.75 Å². The highest BCUT2D eigenvalue weighted by atomic mass is 32.2. The van der Waals surface area contributed by atoms with Gasteiger partial charge in [0.15, 0.2) is 0 Å². The Labute approximate surface area is 128 Å². The van der Waals surface area contributed by atoms with Crippen LogP contribution in [-0.2, 0) is 10.0 Å². The molecule has 1 aliphatic rings. The summed E-state index contributed by atoms with van der Waals surface area (Å²) in [5.41, 5.74) is 1.76. The maximum absolute atomic E-state index is 12.9. The summed E-state index contributed by atoms with van der Waals surface area (Å²) in [6.45, 7) is 9.62. The predicted molar refractivity (Wildman–Crippen MR) is 84.2 cm³/mol. The number of benzene rings is 1. The first-order valence-electron chi connectivity index (χ1n) is 7.60. The van der Waals surface area contributed by atoms with Crippen molar-refractivity contribution in [2.24, 2.45) is 5.92 Å². The molecule has 5 heteroatoms. The molecule has 0 radical (unpaired) electrons. The van der Waals surface area contributed by atoms with Crippen LogP contribution in [-0.4, -0.2) is 32.4 Å². The van der Waals surface area contributed by atoms with Crippen molar-refractivity contribution in [3.05, 3.63) is 23.3 Å². The highest BCUT2D eigenvalue weighted by molar-refractivity contribution is 7.89. The van der Waals surface area contributed by atoms with Crippen LogP contribution in [0.3, 0.4) is 0 Å². The molecule has 0 atom stereocenters. The first-order chi connectivity index (χ1) is 9.86. The van der Waals surface area contributed by atoms with Crippen molar-refractivity contribution in [3.63, 3.8) is 0 Å². The molecular weight excluding hydrogens is 286 g/mol. The van der Waals surface area contributed by atoms with Crippen LogP contribution in [0.1, 0.15) is 37.8 Å². The molecule has 4 nitrogen and oxygen atoms in total. The Morgan fingerprint density at radius 2 is 1.81 bits per heavy atom. The molecular formula is C16H25NO3S. The van der Waals surface area contributed by atoms with Crippen molar-refractivity contribution in [3.8, 4) is 5.75 Å². The van der Waals surface area contributed by atoms with E-state index in [1.165, 1.54) is 0 Å². The number of piperidine rings is 1. The Kier molecular flexibility index (Phi) is 4.94. The van der Waals surface area contributed by atoms with Crippen molar-refractivity contribution < 1.29 is 13.2 Å². The summed E-state index contributed by atoms with van der Waals surface area (Å²) < 4.78 is 32.9. The number of nitrogens with zero attached hydrogens (tertiary/aromatic N) is 1. The zero-order chi connectivity index (χ0) is 15.6. The number of hydrogen-bond acceptors (Lipinski definition) is 3. The number of sulfonamides is 1. The SMILES string of the molecule is CCOc1cc(S(=O)(=O)N2CCC(C)CC2)c(C)cc1C. The van der Waals surface area contributed by atoms with Crippen LogP contribution in [0.25, 0.3) is 0 Å². The lowest BCUT2D eigenvalue weighted by atomic mass is 10.0. The summed E-state index contributed by atoms with van der Waals surface area (Å²) >= 11 is 0. The summed E-state index contributed by atoms with van der Waals surface area (Å²) in [5, 5.41) is 0. The van der Waals surface area contributed by atoms with Crippen molar-refractivity contribution in [2.75, 3.05) is 19.7 Å². The standard InChI is InChI=1S/C16H25NO3S/c1-5-20-15-11-16(14(4)10-13(15)3)21(18,19)17-8-6-12(2)7-9-17/h10-12H,5-9H2,1-4H3. The molecule has 0 N–H and O–H groups in total. The number of ether oxygens (including phenoxy) is 1. The normalized spacial score (nSPS) is 17.9. The lowest BCUT2D eigenvalue weighted by Crippen LogP contribution is -2.38. The molecule has 0 saturated carbocycles. The van der Waals surface area contributed by atoms with E-state index in [4.69, 9.17) is 4.74 Å². The molecule has 0 amide bonds. The fourth-order valence-electron chi connectivity index (χ4n) is 2.77. The van der Waals surface area contributed by atoms with Gasteiger partial charge in [0.25, 0.3) is 0 Å². The minimum Gasteiger partial charge on any atom is -0.494 e. The van der Waals surface area contributed by atoms with Crippen molar-refractivity contribution in [1.29, 1.82) is 0 Å². The quantitative estimate of drug-likeness (QED) is 0.858. The van der Waals surface area contributed by atoms with Gasteiger partial charge < -0.3 is 4.74 Å². The lowest BCUT2D eigenvalue weighted by Gasteiger charge is -2.30. The van der Waals surface area contributed by atoms with Crippen molar-refractivity contribution in [1.82, 2.24) is 4.31 Å². The molecule has 1 saturated heterocycles. The fraction of sp³-hybridized carbons (Fsp3) is 0.625. The summed E-state index contributed by atoms with van der Waals surface area (Å²) in [7, 11) is -3.42. The second kappa shape index (κ2) is 6.36. The van der Waals surface area contributed by atoms with Gasteiger partial charge in [0.1, 0.15) is 5.75 Å². The van der Waals surface area contributed by atoms with E-state index in [0.717, 1.165) is 24.0 Å². The van der Waals surface area contributed by atoms with Gasteiger partial charge in [-0.15, -0.1) is 0 Å². The van der Waals surface area contributed by atoms with E-state index < -0.39 is 10.0 Å². The molecule has 0 spiro atoms. The molecule has 0 aliphatic carbocycles. The maximum Gasteiger partial charge on any atom is 0.243 e. The van der Waals surface area contributed by atoms with E-state index in [2.05, 4.69) is 6.92 Å². The van der Waals surface area contributed by atoms with Gasteiger partial charge in [-0.25, -0.2) is 8.42 Å². The third kappa shape index (κ3) is 3.40. The molecule has 0 unspecified atom stereocenters. The molecule has 118 valence electrons. The smallest absolute Gasteiger partial charge is 0.243 e. The van der Waals surface area contributed by atoms with Crippen molar-refractivity contribution in [2.45, 2.75) is 45.4 Å². The average molecular weight is 311 g/mol. The predicted octanol–water partition coefficient (Wildman–Crippen LogP) is 3.12. The zero-order valence-electron chi connectivity index (χ0n) is 13.3. The van der Waals surface area contributed by atoms with E-state index >= 15 is 0 Å². The molecule has 1 aromatic carbocycles. The molecule has 1 heterocycles. The van der Waals surface area contributed by atoms with Crippen LogP contribution in [0.4, 0.5) is 0 Å². The van der Waals surface area contributed by atoms with E-state index in [0.29, 0.717) is 36.3 Å². The molecule has 1 aromatic rings. The average Bonchev–Trinajstić information content (AvgIpc) is 2.42. The third-order valence-corrected chi connectivity index (χ3v) is 6.17. The Morgan fingerprint density at radius 3 is 2.38 bits per heavy atom. The van der Waals surface area contributed by atoms with Crippen LogP contribution in [0.15, 0.2) is 17.0 Å². The Hall–Kier alpha value is -1.07. The van der Waals surface area contributed by atoms with Gasteiger partial charge in [-0.2, -0.15) is 4.31 Å². The minimum atomic E-state index is -3.42. The third-order valence-electron chi connectivity index (χ3n) is 4.13. The van der Waals surface area contributed by atoms with Gasteiger partial charge in [-0.1, -0.05) is 13.0 Å². The van der Waals surface area contributed by atoms with Crippen LogP contribution in [0.2, 0.25) is 0 Å². The fourth-order valence-corrected chi connectivity index (χ4v) is 4.46. The number of hydrogen-bond donors (Lipinski definition) is 0. The Morgan fingerprint density at radius 1 is 1.19 bits per heavy atom. The van der Waals surface area contributed by atoms with E-state index in [9.17, 15) is 8.42 Å². The molecule has 0 aromatic heterocycles. The van der Waals surface area contributed by atoms with Gasteiger partial charge in [0, 0.05) is 19.2 Å². The summed E-state index contributed by atoms with van der Waals surface area (Å²) in [4.78, 5) is 0.381. The lowest BCUT2D eigenvalue weighted by molar-refractivity contribution is 0.287. The second-order valence-corrected chi connectivity index (χ2v) is 7.81. The number of aryl methyl sites for hydroxylation is 2. The summed E-state index contributed by atoms with van der Waals surface area (Å²) in [5.74, 6) is 1.27. The largest absolute Gasteiger partial charge is 0.494 e. The zero-order valence-corrected chi connectivity index (χ0v) is 14.2. The molecule has 21 heavy (non-hydrogen) atoms. The van der Waals surface area contributed by atoms with Crippen LogP contribution >= 0.6 is 0 Å². The number of rotatable bonds is 4. The second-order valence-electron chi connectivity index (χ2n) is 5.90. The Balaban J connectivity index is 2.37. The summed E-state index contributed by atoms with van der Waals surface area (Å²) in [6, 6.07) is 3.58. The van der Waals surface area contributed by atoms with Gasteiger partial charge in [-0.3, -0.25) is 0 Å². The minimum absolute atomic E-state index is 0.381. The first kappa shape index (κ1) is 16.3. The molecule has 1 fully saturated rings. The Bertz CT molecular complexity index is 602. The van der Waals surface area contributed by atoms with Gasteiger partial charge >= 0.3 is 0 Å². The van der Waals surface area contributed by atoms with E-state index in [1.807, 2.05) is 26.8 Å². The van der Waals surface area contributed by atoms with Crippen LogP contribution in [0, 0.1) is 19.8 Å². The molecule has 0 bridgehead atoms. The monoisotopic (exact) mass is 311 g/mol. The summed E-state index contributed by atoms with van der Waals surface area (Å²) in [6.07, 6.45) is 1.87. The van der Waals surface area contributed by atoms with E-state index in [1.54, 1.807) is 10.4 Å². The topological polar surface area (TPSA) is 46.6 Å².